The van der Waals surface area contributed by atoms with Crippen molar-refractivity contribution < 1.29 is 5.11 Å². The Balaban J connectivity index is 2.38. The highest BCUT2D eigenvalue weighted by atomic mass is 16.3. The highest BCUT2D eigenvalue weighted by molar-refractivity contribution is 5.14. The van der Waals surface area contributed by atoms with Crippen LogP contribution in [0.3, 0.4) is 0 Å². The highest BCUT2D eigenvalue weighted by Crippen LogP contribution is 2.05. The second-order valence-electron chi connectivity index (χ2n) is 3.21. The van der Waals surface area contributed by atoms with Crippen molar-refractivity contribution in [3.8, 4) is 0 Å². The Bertz CT molecular complexity index is 307. The molecule has 74 valence electrons. The molecule has 0 spiro atoms. The van der Waals surface area contributed by atoms with Crippen molar-refractivity contribution in [2.75, 3.05) is 0 Å². The molecule has 0 amide bonds. The maximum Gasteiger partial charge on any atom is 0.0797 e. The number of benzene rings is 1. The van der Waals surface area contributed by atoms with E-state index in [2.05, 4.69) is 17.9 Å². The lowest BCUT2D eigenvalue weighted by molar-refractivity contribution is 0.213. The molecule has 0 aliphatic heterocycles. The van der Waals surface area contributed by atoms with Crippen molar-refractivity contribution >= 4 is 0 Å². The fourth-order valence-corrected chi connectivity index (χ4v) is 1.25. The summed E-state index contributed by atoms with van der Waals surface area (Å²) in [4.78, 5) is 0. The Labute approximate surface area is 85.4 Å². The van der Waals surface area contributed by atoms with Gasteiger partial charge in [-0.05, 0) is 37.5 Å². The molecule has 0 aliphatic carbocycles. The summed E-state index contributed by atoms with van der Waals surface area (Å²) < 4.78 is 0. The maximum atomic E-state index is 9.50. The summed E-state index contributed by atoms with van der Waals surface area (Å²) in [5, 5.41) is 9.50. The van der Waals surface area contributed by atoms with E-state index in [1.165, 1.54) is 5.56 Å². The topological polar surface area (TPSA) is 20.2 Å². The van der Waals surface area contributed by atoms with Gasteiger partial charge in [-0.2, -0.15) is 0 Å². The van der Waals surface area contributed by atoms with E-state index >= 15 is 0 Å². The zero-order valence-corrected chi connectivity index (χ0v) is 8.48. The zero-order chi connectivity index (χ0) is 10.2. The van der Waals surface area contributed by atoms with Crippen LogP contribution in [0.2, 0.25) is 0 Å². The van der Waals surface area contributed by atoms with Gasteiger partial charge in [-0.3, -0.25) is 0 Å². The van der Waals surface area contributed by atoms with E-state index in [9.17, 15) is 5.11 Å². The molecular formula is C13H16O. The first-order valence-electron chi connectivity index (χ1n) is 4.92. The third-order valence-corrected chi connectivity index (χ3v) is 2.03. The first-order valence-corrected chi connectivity index (χ1v) is 4.92. The molecule has 1 heteroatoms. The SMILES string of the molecule is CC=C=CC(O)CCc1ccccc1. The largest absolute Gasteiger partial charge is 0.388 e. The molecule has 1 N–H and O–H groups in total. The molecule has 1 rings (SSSR count). The first-order chi connectivity index (χ1) is 6.83. The predicted molar refractivity (Wildman–Crippen MR) is 59.1 cm³/mol. The van der Waals surface area contributed by atoms with E-state index in [1.807, 2.05) is 25.1 Å². The number of hydrogen-bond acceptors (Lipinski definition) is 1. The van der Waals surface area contributed by atoms with Crippen molar-refractivity contribution in [2.45, 2.75) is 25.9 Å². The van der Waals surface area contributed by atoms with Crippen LogP contribution < -0.4 is 0 Å². The van der Waals surface area contributed by atoms with Gasteiger partial charge in [-0.15, -0.1) is 5.73 Å². The summed E-state index contributed by atoms with van der Waals surface area (Å²) in [6.07, 6.45) is 4.77. The molecule has 0 saturated carbocycles. The van der Waals surface area contributed by atoms with Crippen molar-refractivity contribution in [3.05, 3.63) is 53.8 Å². The van der Waals surface area contributed by atoms with E-state index in [4.69, 9.17) is 0 Å². The molecule has 0 heterocycles. The van der Waals surface area contributed by atoms with E-state index in [0.717, 1.165) is 12.8 Å². The first kappa shape index (κ1) is 10.8. The molecule has 0 aliphatic rings. The number of hydrogen-bond donors (Lipinski definition) is 1. The second-order valence-corrected chi connectivity index (χ2v) is 3.21. The molecule has 14 heavy (non-hydrogen) atoms. The summed E-state index contributed by atoms with van der Waals surface area (Å²) in [6.45, 7) is 1.89. The van der Waals surface area contributed by atoms with Crippen LogP contribution in [-0.2, 0) is 6.42 Å². The van der Waals surface area contributed by atoms with Crippen LogP contribution in [0.1, 0.15) is 18.9 Å². The van der Waals surface area contributed by atoms with E-state index < -0.39 is 0 Å². The van der Waals surface area contributed by atoms with Gasteiger partial charge in [-0.1, -0.05) is 30.3 Å². The van der Waals surface area contributed by atoms with Gasteiger partial charge in [0.1, 0.15) is 0 Å². The third-order valence-electron chi connectivity index (χ3n) is 2.03. The molecule has 0 saturated heterocycles. The summed E-state index contributed by atoms with van der Waals surface area (Å²) in [5.41, 5.74) is 4.15. The van der Waals surface area contributed by atoms with Crippen LogP contribution in [0.25, 0.3) is 0 Å². The summed E-state index contributed by atoms with van der Waals surface area (Å²) in [6, 6.07) is 10.2. The van der Waals surface area contributed by atoms with Crippen LogP contribution in [0.5, 0.6) is 0 Å². The van der Waals surface area contributed by atoms with E-state index in [0.29, 0.717) is 0 Å². The molecule has 0 aromatic heterocycles. The Kier molecular flexibility index (Phi) is 4.77. The fourth-order valence-electron chi connectivity index (χ4n) is 1.25. The van der Waals surface area contributed by atoms with Gasteiger partial charge in [0.25, 0.3) is 0 Å². The van der Waals surface area contributed by atoms with Gasteiger partial charge >= 0.3 is 0 Å². The molecular weight excluding hydrogens is 172 g/mol. The standard InChI is InChI=1S/C13H16O/c1-2-3-9-13(14)11-10-12-7-5-4-6-8-12/h2,4-9,13-14H,10-11H2,1H3. The van der Waals surface area contributed by atoms with Crippen molar-refractivity contribution in [1.82, 2.24) is 0 Å². The summed E-state index contributed by atoms with van der Waals surface area (Å²) in [5.74, 6) is 0. The van der Waals surface area contributed by atoms with Crippen molar-refractivity contribution in [3.63, 3.8) is 0 Å². The Morgan fingerprint density at radius 1 is 1.36 bits per heavy atom. The number of aryl methyl sites for hydroxylation is 1. The smallest absolute Gasteiger partial charge is 0.0797 e. The van der Waals surface area contributed by atoms with Gasteiger partial charge in [0.2, 0.25) is 0 Å². The summed E-state index contributed by atoms with van der Waals surface area (Å²) >= 11 is 0. The number of rotatable bonds is 4. The van der Waals surface area contributed by atoms with Gasteiger partial charge in [-0.25, -0.2) is 0 Å². The zero-order valence-electron chi connectivity index (χ0n) is 8.48. The monoisotopic (exact) mass is 188 g/mol. The molecule has 0 fully saturated rings. The predicted octanol–water partition coefficient (Wildman–Crippen LogP) is 2.71. The molecule has 0 radical (unpaired) electrons. The number of aliphatic hydroxyl groups is 1. The minimum absolute atomic E-state index is 0.383. The normalized spacial score (nSPS) is 11.6. The number of aliphatic hydroxyl groups excluding tert-OH is 1. The molecule has 1 unspecified atom stereocenters. The van der Waals surface area contributed by atoms with Crippen molar-refractivity contribution in [2.24, 2.45) is 0 Å². The lowest BCUT2D eigenvalue weighted by atomic mass is 10.1. The lowest BCUT2D eigenvalue weighted by Gasteiger charge is -2.03. The van der Waals surface area contributed by atoms with Crippen molar-refractivity contribution in [1.29, 1.82) is 0 Å². The molecule has 1 aromatic rings. The Morgan fingerprint density at radius 2 is 2.07 bits per heavy atom. The fraction of sp³-hybridized carbons (Fsp3) is 0.308. The minimum Gasteiger partial charge on any atom is -0.388 e. The van der Waals surface area contributed by atoms with Gasteiger partial charge in [0, 0.05) is 0 Å². The lowest BCUT2D eigenvalue weighted by Crippen LogP contribution is -2.03. The van der Waals surface area contributed by atoms with Crippen LogP contribution in [0.4, 0.5) is 0 Å². The Morgan fingerprint density at radius 3 is 2.71 bits per heavy atom. The highest BCUT2D eigenvalue weighted by Gasteiger charge is 1.98. The van der Waals surface area contributed by atoms with E-state index in [1.54, 1.807) is 12.2 Å². The average molecular weight is 188 g/mol. The van der Waals surface area contributed by atoms with Crippen LogP contribution in [0, 0.1) is 0 Å². The Hall–Kier alpha value is -1.30. The van der Waals surface area contributed by atoms with Gasteiger partial charge in [0.15, 0.2) is 0 Å². The second kappa shape index (κ2) is 6.20. The van der Waals surface area contributed by atoms with Crippen LogP contribution in [-0.4, -0.2) is 11.2 Å². The van der Waals surface area contributed by atoms with Gasteiger partial charge < -0.3 is 5.11 Å². The maximum absolute atomic E-state index is 9.50. The van der Waals surface area contributed by atoms with Gasteiger partial charge in [0.05, 0.1) is 6.10 Å². The third kappa shape index (κ3) is 4.08. The minimum atomic E-state index is -0.383. The summed E-state index contributed by atoms with van der Waals surface area (Å²) in [7, 11) is 0. The molecule has 1 nitrogen and oxygen atoms in total. The van der Waals surface area contributed by atoms with Crippen LogP contribution in [0.15, 0.2) is 48.2 Å². The van der Waals surface area contributed by atoms with Crippen LogP contribution >= 0.6 is 0 Å². The average Bonchev–Trinajstić information content (AvgIpc) is 2.25. The van der Waals surface area contributed by atoms with E-state index in [-0.39, 0.29) is 6.10 Å². The molecule has 1 atom stereocenters. The molecule has 0 bridgehead atoms. The quantitative estimate of drug-likeness (QED) is 0.720. The molecule has 1 aromatic carbocycles.